The van der Waals surface area contributed by atoms with Crippen molar-refractivity contribution >= 4 is 17.9 Å². The van der Waals surface area contributed by atoms with Gasteiger partial charge in [0.15, 0.2) is 6.10 Å². The van der Waals surface area contributed by atoms with Crippen LogP contribution in [-0.4, -0.2) is 37.2 Å². The molecule has 0 aromatic heterocycles. The molecule has 0 aromatic rings. The van der Waals surface area contributed by atoms with Gasteiger partial charge in [0.05, 0.1) is 0 Å². The van der Waals surface area contributed by atoms with Gasteiger partial charge in [-0.2, -0.15) is 0 Å². The van der Waals surface area contributed by atoms with Crippen molar-refractivity contribution in [3.63, 3.8) is 0 Å². The molecule has 53 heavy (non-hydrogen) atoms. The zero-order valence-corrected chi connectivity index (χ0v) is 35.3. The molecular weight excluding hydrogens is 661 g/mol. The van der Waals surface area contributed by atoms with Crippen LogP contribution in [0.2, 0.25) is 0 Å². The van der Waals surface area contributed by atoms with Crippen molar-refractivity contribution in [3.05, 3.63) is 24.3 Å². The highest BCUT2D eigenvalue weighted by molar-refractivity contribution is 5.71. The first-order valence-electron chi connectivity index (χ1n) is 22.8. The summed E-state index contributed by atoms with van der Waals surface area (Å²) in [4.78, 5) is 37.6. The zero-order chi connectivity index (χ0) is 38.7. The molecule has 1 unspecified atom stereocenters. The highest BCUT2D eigenvalue weighted by atomic mass is 16.6. The van der Waals surface area contributed by atoms with Crippen molar-refractivity contribution in [1.29, 1.82) is 0 Å². The number of hydrogen-bond acceptors (Lipinski definition) is 6. The van der Waals surface area contributed by atoms with Crippen molar-refractivity contribution in [2.75, 3.05) is 13.2 Å². The summed E-state index contributed by atoms with van der Waals surface area (Å²) in [6, 6.07) is 0. The number of rotatable bonds is 41. The first kappa shape index (κ1) is 50.9. The Balaban J connectivity index is 4.26. The van der Waals surface area contributed by atoms with Crippen molar-refractivity contribution in [2.24, 2.45) is 0 Å². The fourth-order valence-electron chi connectivity index (χ4n) is 6.47. The number of ether oxygens (including phenoxy) is 3. The molecule has 0 fully saturated rings. The summed E-state index contributed by atoms with van der Waals surface area (Å²) in [5.74, 6) is -0.881. The summed E-state index contributed by atoms with van der Waals surface area (Å²) in [6.07, 6.45) is 45.9. The molecule has 0 aliphatic rings. The van der Waals surface area contributed by atoms with Gasteiger partial charge in [0, 0.05) is 19.3 Å². The van der Waals surface area contributed by atoms with E-state index in [0.29, 0.717) is 19.3 Å². The monoisotopic (exact) mass is 747 g/mol. The van der Waals surface area contributed by atoms with Crippen molar-refractivity contribution in [3.8, 4) is 0 Å². The van der Waals surface area contributed by atoms with Crippen LogP contribution in [0.3, 0.4) is 0 Å². The molecular formula is C47H86O6. The summed E-state index contributed by atoms with van der Waals surface area (Å²) in [7, 11) is 0. The Hall–Kier alpha value is -2.11. The predicted octanol–water partition coefficient (Wildman–Crippen LogP) is 14.4. The van der Waals surface area contributed by atoms with Gasteiger partial charge in [0.2, 0.25) is 0 Å². The molecule has 0 bridgehead atoms. The minimum Gasteiger partial charge on any atom is -0.462 e. The molecule has 0 aliphatic carbocycles. The van der Waals surface area contributed by atoms with Crippen LogP contribution in [-0.2, 0) is 28.6 Å². The van der Waals surface area contributed by atoms with E-state index in [1.54, 1.807) is 0 Å². The van der Waals surface area contributed by atoms with E-state index in [9.17, 15) is 14.4 Å². The van der Waals surface area contributed by atoms with E-state index in [0.717, 1.165) is 70.6 Å². The second kappa shape index (κ2) is 42.6. The van der Waals surface area contributed by atoms with Crippen molar-refractivity contribution in [1.82, 2.24) is 0 Å². The maximum absolute atomic E-state index is 12.7. The lowest BCUT2D eigenvalue weighted by atomic mass is 10.1. The normalized spacial score (nSPS) is 12.1. The molecule has 0 amide bonds. The van der Waals surface area contributed by atoms with E-state index in [4.69, 9.17) is 14.2 Å². The first-order valence-corrected chi connectivity index (χ1v) is 22.8. The molecule has 0 radical (unpaired) electrons. The molecule has 310 valence electrons. The van der Waals surface area contributed by atoms with Gasteiger partial charge in [-0.3, -0.25) is 14.4 Å². The fourth-order valence-corrected chi connectivity index (χ4v) is 6.47. The molecule has 0 aliphatic heterocycles. The number of hydrogen-bond donors (Lipinski definition) is 0. The van der Waals surface area contributed by atoms with Gasteiger partial charge in [0.25, 0.3) is 0 Å². The molecule has 0 rings (SSSR count). The molecule has 0 saturated carbocycles. The molecule has 0 saturated heterocycles. The summed E-state index contributed by atoms with van der Waals surface area (Å²) in [6.45, 7) is 6.56. The average Bonchev–Trinajstić information content (AvgIpc) is 3.15. The molecule has 0 heterocycles. The van der Waals surface area contributed by atoms with E-state index in [-0.39, 0.29) is 31.1 Å². The Bertz CT molecular complexity index is 865. The second-order valence-corrected chi connectivity index (χ2v) is 15.3. The van der Waals surface area contributed by atoms with Crippen LogP contribution in [0.4, 0.5) is 0 Å². The highest BCUT2D eigenvalue weighted by Crippen LogP contribution is 2.14. The number of unbranched alkanes of at least 4 members (excludes halogenated alkanes) is 26. The predicted molar refractivity (Wildman–Crippen MR) is 224 cm³/mol. The van der Waals surface area contributed by atoms with E-state index in [1.807, 2.05) is 0 Å². The van der Waals surface area contributed by atoms with E-state index < -0.39 is 6.10 Å². The average molecular weight is 747 g/mol. The quantitative estimate of drug-likeness (QED) is 0.0268. The molecule has 1 atom stereocenters. The minimum atomic E-state index is -0.765. The summed E-state index contributed by atoms with van der Waals surface area (Å²) in [5, 5.41) is 0. The largest absolute Gasteiger partial charge is 0.462 e. The Labute approximate surface area is 328 Å². The Morgan fingerprint density at radius 2 is 0.679 bits per heavy atom. The maximum Gasteiger partial charge on any atom is 0.306 e. The Morgan fingerprint density at radius 1 is 0.377 bits per heavy atom. The van der Waals surface area contributed by atoms with Gasteiger partial charge >= 0.3 is 17.9 Å². The first-order chi connectivity index (χ1) is 26.0. The number of esters is 3. The Kier molecular flexibility index (Phi) is 40.9. The molecule has 6 nitrogen and oxygen atoms in total. The van der Waals surface area contributed by atoms with E-state index in [1.165, 1.54) is 128 Å². The van der Waals surface area contributed by atoms with Crippen LogP contribution in [0.25, 0.3) is 0 Å². The third-order valence-corrected chi connectivity index (χ3v) is 9.96. The van der Waals surface area contributed by atoms with Gasteiger partial charge in [-0.05, 0) is 51.4 Å². The lowest BCUT2D eigenvalue weighted by molar-refractivity contribution is -0.167. The van der Waals surface area contributed by atoms with Gasteiger partial charge in [-0.15, -0.1) is 0 Å². The van der Waals surface area contributed by atoms with Crippen molar-refractivity contribution in [2.45, 2.75) is 245 Å². The lowest BCUT2D eigenvalue weighted by Crippen LogP contribution is -2.30. The van der Waals surface area contributed by atoms with Crippen molar-refractivity contribution < 1.29 is 28.6 Å². The topological polar surface area (TPSA) is 78.9 Å². The fraction of sp³-hybridized carbons (Fsp3) is 0.851. The number of allylic oxidation sites excluding steroid dienone is 4. The third-order valence-electron chi connectivity index (χ3n) is 9.96. The third kappa shape index (κ3) is 40.9. The van der Waals surface area contributed by atoms with Crippen LogP contribution in [0, 0.1) is 0 Å². The lowest BCUT2D eigenvalue weighted by Gasteiger charge is -2.18. The number of carbonyl (C=O) groups is 3. The Morgan fingerprint density at radius 3 is 1.08 bits per heavy atom. The van der Waals surface area contributed by atoms with Crippen LogP contribution >= 0.6 is 0 Å². The SMILES string of the molecule is CCCCC/C=C\C/C=C\CCCCCCCCCC(=O)OCC(COC(=O)CCCCCCCCC)OC(=O)CCCCCCCCCCCCC. The standard InChI is InChI=1S/C47H86O6/c1-4-7-10-13-16-18-20-21-22-23-24-25-27-28-31-34-37-40-46(49)52-43-44(42-51-45(48)39-36-33-30-15-12-9-6-3)53-47(50)41-38-35-32-29-26-19-17-14-11-8-5-2/h16,18,21-22,44H,4-15,17,19-20,23-43H2,1-3H3/b18-16-,22-21-. The van der Waals surface area contributed by atoms with Crippen LogP contribution < -0.4 is 0 Å². The zero-order valence-electron chi connectivity index (χ0n) is 35.3. The van der Waals surface area contributed by atoms with Gasteiger partial charge in [0.1, 0.15) is 13.2 Å². The minimum absolute atomic E-state index is 0.0709. The smallest absolute Gasteiger partial charge is 0.306 e. The molecule has 0 spiro atoms. The van der Waals surface area contributed by atoms with Crippen LogP contribution in [0.1, 0.15) is 239 Å². The van der Waals surface area contributed by atoms with E-state index >= 15 is 0 Å². The maximum atomic E-state index is 12.7. The summed E-state index contributed by atoms with van der Waals surface area (Å²) < 4.78 is 16.6. The highest BCUT2D eigenvalue weighted by Gasteiger charge is 2.19. The van der Waals surface area contributed by atoms with Gasteiger partial charge in [-0.25, -0.2) is 0 Å². The molecule has 6 heteroatoms. The van der Waals surface area contributed by atoms with Gasteiger partial charge in [-0.1, -0.05) is 193 Å². The van der Waals surface area contributed by atoms with E-state index in [2.05, 4.69) is 45.1 Å². The van der Waals surface area contributed by atoms with Gasteiger partial charge < -0.3 is 14.2 Å². The molecule has 0 N–H and O–H groups in total. The molecule has 0 aromatic carbocycles. The summed E-state index contributed by atoms with van der Waals surface area (Å²) >= 11 is 0. The number of carbonyl (C=O) groups excluding carboxylic acids is 3. The van der Waals surface area contributed by atoms with Crippen LogP contribution in [0.15, 0.2) is 24.3 Å². The summed E-state index contributed by atoms with van der Waals surface area (Å²) in [5.41, 5.74) is 0. The van der Waals surface area contributed by atoms with Crippen LogP contribution in [0.5, 0.6) is 0 Å². The second-order valence-electron chi connectivity index (χ2n) is 15.3.